The van der Waals surface area contributed by atoms with Crippen molar-refractivity contribution in [1.82, 2.24) is 9.97 Å². The van der Waals surface area contributed by atoms with Gasteiger partial charge in [-0.1, -0.05) is 37.6 Å². The van der Waals surface area contributed by atoms with Crippen LogP contribution >= 0.6 is 0 Å². The van der Waals surface area contributed by atoms with Crippen molar-refractivity contribution in [2.45, 2.75) is 32.8 Å². The molecular weight excluding hydrogens is 224 g/mol. The summed E-state index contributed by atoms with van der Waals surface area (Å²) in [7, 11) is 0. The lowest BCUT2D eigenvalue weighted by atomic mass is 10.0. The maximum atomic E-state index is 10.3. The molecule has 1 aromatic heterocycles. The van der Waals surface area contributed by atoms with E-state index in [2.05, 4.69) is 23.0 Å². The van der Waals surface area contributed by atoms with Crippen molar-refractivity contribution in [3.63, 3.8) is 0 Å². The molecule has 1 aromatic carbocycles. The van der Waals surface area contributed by atoms with Crippen LogP contribution in [0.25, 0.3) is 0 Å². The summed E-state index contributed by atoms with van der Waals surface area (Å²) >= 11 is 0. The van der Waals surface area contributed by atoms with E-state index in [0.717, 1.165) is 18.4 Å². The van der Waals surface area contributed by atoms with E-state index >= 15 is 0 Å². The van der Waals surface area contributed by atoms with Gasteiger partial charge in [-0.05, 0) is 30.5 Å². The van der Waals surface area contributed by atoms with Gasteiger partial charge in [0.2, 0.25) is 0 Å². The minimum Gasteiger partial charge on any atom is -0.382 e. The number of aliphatic hydroxyl groups excluding tert-OH is 1. The molecule has 1 unspecified atom stereocenters. The summed E-state index contributed by atoms with van der Waals surface area (Å²) in [6.45, 7) is 3.97. The van der Waals surface area contributed by atoms with Crippen molar-refractivity contribution < 1.29 is 5.11 Å². The standard InChI is InChI=1S/C15H18N2O/c1-3-5-12-6-4-7-13(10-12)15(18)14-8-9-16-11(2)17-14/h4,6-10,15,18H,3,5H2,1-2H3. The maximum Gasteiger partial charge on any atom is 0.125 e. The first kappa shape index (κ1) is 12.7. The van der Waals surface area contributed by atoms with Crippen molar-refractivity contribution in [3.05, 3.63) is 59.2 Å². The zero-order valence-electron chi connectivity index (χ0n) is 10.8. The fourth-order valence-corrected chi connectivity index (χ4v) is 2.00. The second-order valence-electron chi connectivity index (χ2n) is 4.43. The molecule has 3 heteroatoms. The smallest absolute Gasteiger partial charge is 0.125 e. The van der Waals surface area contributed by atoms with Crippen LogP contribution in [0.4, 0.5) is 0 Å². The Morgan fingerprint density at radius 1 is 1.28 bits per heavy atom. The molecule has 0 bridgehead atoms. The largest absolute Gasteiger partial charge is 0.382 e. The van der Waals surface area contributed by atoms with Crippen LogP contribution in [0, 0.1) is 6.92 Å². The molecule has 3 nitrogen and oxygen atoms in total. The number of benzene rings is 1. The third-order valence-corrected chi connectivity index (χ3v) is 2.88. The summed E-state index contributed by atoms with van der Waals surface area (Å²) in [4.78, 5) is 8.30. The van der Waals surface area contributed by atoms with E-state index in [-0.39, 0.29) is 0 Å². The Balaban J connectivity index is 2.27. The van der Waals surface area contributed by atoms with Gasteiger partial charge >= 0.3 is 0 Å². The lowest BCUT2D eigenvalue weighted by Crippen LogP contribution is -2.04. The number of rotatable bonds is 4. The summed E-state index contributed by atoms with van der Waals surface area (Å²) in [5.41, 5.74) is 2.79. The number of hydrogen-bond acceptors (Lipinski definition) is 3. The average Bonchev–Trinajstić information content (AvgIpc) is 2.39. The van der Waals surface area contributed by atoms with Gasteiger partial charge in [-0.25, -0.2) is 9.97 Å². The highest BCUT2D eigenvalue weighted by molar-refractivity contribution is 5.29. The molecule has 0 amide bonds. The summed E-state index contributed by atoms with van der Waals surface area (Å²) < 4.78 is 0. The van der Waals surface area contributed by atoms with Crippen LogP contribution < -0.4 is 0 Å². The molecule has 0 saturated carbocycles. The van der Waals surface area contributed by atoms with E-state index < -0.39 is 6.10 Å². The van der Waals surface area contributed by atoms with E-state index in [4.69, 9.17) is 0 Å². The van der Waals surface area contributed by atoms with Crippen LogP contribution in [0.3, 0.4) is 0 Å². The van der Waals surface area contributed by atoms with E-state index in [1.807, 2.05) is 25.1 Å². The minimum atomic E-state index is -0.677. The van der Waals surface area contributed by atoms with E-state index in [1.54, 1.807) is 12.3 Å². The fraction of sp³-hybridized carbons (Fsp3) is 0.333. The Bertz CT molecular complexity index is 525. The number of nitrogens with zero attached hydrogens (tertiary/aromatic N) is 2. The van der Waals surface area contributed by atoms with Crippen molar-refractivity contribution in [2.24, 2.45) is 0 Å². The Kier molecular flexibility index (Phi) is 4.05. The molecule has 2 rings (SSSR count). The molecule has 0 fully saturated rings. The summed E-state index contributed by atoms with van der Waals surface area (Å²) in [5.74, 6) is 0.677. The fourth-order valence-electron chi connectivity index (χ4n) is 2.00. The monoisotopic (exact) mass is 242 g/mol. The van der Waals surface area contributed by atoms with Crippen LogP contribution in [-0.4, -0.2) is 15.1 Å². The zero-order valence-corrected chi connectivity index (χ0v) is 10.8. The normalized spacial score (nSPS) is 12.4. The molecule has 0 radical (unpaired) electrons. The molecule has 0 aliphatic carbocycles. The van der Waals surface area contributed by atoms with Gasteiger partial charge in [0, 0.05) is 6.20 Å². The van der Waals surface area contributed by atoms with Crippen molar-refractivity contribution >= 4 is 0 Å². The average molecular weight is 242 g/mol. The van der Waals surface area contributed by atoms with Crippen LogP contribution in [0.1, 0.15) is 42.1 Å². The highest BCUT2D eigenvalue weighted by Crippen LogP contribution is 2.21. The lowest BCUT2D eigenvalue weighted by Gasteiger charge is -2.12. The summed E-state index contributed by atoms with van der Waals surface area (Å²) in [5, 5.41) is 10.3. The SMILES string of the molecule is CCCc1cccc(C(O)c2ccnc(C)n2)c1. The number of hydrogen-bond donors (Lipinski definition) is 1. The van der Waals surface area contributed by atoms with E-state index in [9.17, 15) is 5.11 Å². The second-order valence-corrected chi connectivity index (χ2v) is 4.43. The topological polar surface area (TPSA) is 46.0 Å². The number of aliphatic hydroxyl groups is 1. The van der Waals surface area contributed by atoms with Gasteiger partial charge < -0.3 is 5.11 Å². The van der Waals surface area contributed by atoms with E-state index in [1.165, 1.54) is 5.56 Å². The van der Waals surface area contributed by atoms with Gasteiger partial charge in [-0.3, -0.25) is 0 Å². The number of aryl methyl sites for hydroxylation is 2. The van der Waals surface area contributed by atoms with Crippen LogP contribution in [0.2, 0.25) is 0 Å². The third-order valence-electron chi connectivity index (χ3n) is 2.88. The third kappa shape index (κ3) is 2.93. The molecule has 0 aliphatic heterocycles. The van der Waals surface area contributed by atoms with Gasteiger partial charge in [0.1, 0.15) is 11.9 Å². The molecule has 94 valence electrons. The Labute approximate surface area is 108 Å². The molecule has 18 heavy (non-hydrogen) atoms. The molecule has 1 atom stereocenters. The molecule has 1 N–H and O–H groups in total. The first-order valence-electron chi connectivity index (χ1n) is 6.27. The van der Waals surface area contributed by atoms with Crippen LogP contribution in [0.15, 0.2) is 36.5 Å². The molecule has 2 aromatic rings. The summed E-state index contributed by atoms with van der Waals surface area (Å²) in [6.07, 6.45) is 3.13. The number of aromatic nitrogens is 2. The van der Waals surface area contributed by atoms with E-state index in [0.29, 0.717) is 11.5 Å². The van der Waals surface area contributed by atoms with Gasteiger partial charge in [-0.2, -0.15) is 0 Å². The van der Waals surface area contributed by atoms with Gasteiger partial charge in [-0.15, -0.1) is 0 Å². The highest BCUT2D eigenvalue weighted by atomic mass is 16.3. The van der Waals surface area contributed by atoms with Crippen LogP contribution in [-0.2, 0) is 6.42 Å². The summed E-state index contributed by atoms with van der Waals surface area (Å²) in [6, 6.07) is 9.81. The second kappa shape index (κ2) is 5.74. The molecular formula is C15H18N2O. The Morgan fingerprint density at radius 3 is 2.83 bits per heavy atom. The van der Waals surface area contributed by atoms with Crippen molar-refractivity contribution in [1.29, 1.82) is 0 Å². The maximum absolute atomic E-state index is 10.3. The minimum absolute atomic E-state index is 0.649. The first-order chi connectivity index (χ1) is 8.70. The van der Waals surface area contributed by atoms with Crippen LogP contribution in [0.5, 0.6) is 0 Å². The highest BCUT2D eigenvalue weighted by Gasteiger charge is 2.12. The lowest BCUT2D eigenvalue weighted by molar-refractivity contribution is 0.214. The van der Waals surface area contributed by atoms with Gasteiger partial charge in [0.15, 0.2) is 0 Å². The molecule has 0 spiro atoms. The molecule has 0 aliphatic rings. The Morgan fingerprint density at radius 2 is 2.11 bits per heavy atom. The quantitative estimate of drug-likeness (QED) is 0.896. The first-order valence-corrected chi connectivity index (χ1v) is 6.27. The molecule has 1 heterocycles. The van der Waals surface area contributed by atoms with Crippen molar-refractivity contribution in [2.75, 3.05) is 0 Å². The van der Waals surface area contributed by atoms with Crippen molar-refractivity contribution in [3.8, 4) is 0 Å². The zero-order chi connectivity index (χ0) is 13.0. The molecule has 0 saturated heterocycles. The van der Waals surface area contributed by atoms with Gasteiger partial charge in [0.05, 0.1) is 5.69 Å². The predicted octanol–water partition coefficient (Wildman–Crippen LogP) is 2.82. The predicted molar refractivity (Wildman–Crippen MR) is 71.3 cm³/mol. The Hall–Kier alpha value is -1.74. The van der Waals surface area contributed by atoms with Gasteiger partial charge in [0.25, 0.3) is 0 Å².